The van der Waals surface area contributed by atoms with Crippen LogP contribution in [0.2, 0.25) is 0 Å². The summed E-state index contributed by atoms with van der Waals surface area (Å²) in [7, 11) is 0. The summed E-state index contributed by atoms with van der Waals surface area (Å²) in [5.74, 6) is 0. The maximum absolute atomic E-state index is 12.4. The molecule has 0 aliphatic rings. The molecule has 0 aromatic carbocycles. The van der Waals surface area contributed by atoms with Crippen molar-refractivity contribution in [3.8, 4) is 0 Å². The highest BCUT2D eigenvalue weighted by atomic mass is 16.6. The molecule has 1 atom stereocenters. The third-order valence-electron chi connectivity index (χ3n) is 3.02. The van der Waals surface area contributed by atoms with E-state index >= 15 is 0 Å². The van der Waals surface area contributed by atoms with Crippen LogP contribution in [0.4, 0.5) is 9.59 Å². The summed E-state index contributed by atoms with van der Waals surface area (Å²) in [6.45, 7) is 12.0. The molecule has 0 spiro atoms. The highest BCUT2D eigenvalue weighted by molar-refractivity contribution is 5.68. The topological polar surface area (TPSA) is 120 Å². The molecule has 0 saturated carbocycles. The molecule has 0 rings (SSSR count). The van der Waals surface area contributed by atoms with Gasteiger partial charge >= 0.3 is 12.2 Å². The van der Waals surface area contributed by atoms with Gasteiger partial charge in [0.25, 0.3) is 0 Å². The lowest BCUT2D eigenvalue weighted by Crippen LogP contribution is -2.45. The molecule has 1 unspecified atom stereocenters. The Hall–Kier alpha value is -1.58. The van der Waals surface area contributed by atoms with Gasteiger partial charge in [0.15, 0.2) is 0 Å². The molecular weight excluding hydrogens is 354 g/mol. The highest BCUT2D eigenvalue weighted by Crippen LogP contribution is 2.11. The zero-order valence-corrected chi connectivity index (χ0v) is 17.5. The Morgan fingerprint density at radius 2 is 1.63 bits per heavy atom. The first-order chi connectivity index (χ1) is 12.3. The molecule has 9 nitrogen and oxygen atoms in total. The van der Waals surface area contributed by atoms with Crippen LogP contribution in [0.1, 0.15) is 48.0 Å². The Labute approximate surface area is 162 Å². The van der Waals surface area contributed by atoms with E-state index in [4.69, 9.17) is 14.6 Å². The molecule has 0 aliphatic heterocycles. The lowest BCUT2D eigenvalue weighted by molar-refractivity contribution is 0.0144. The van der Waals surface area contributed by atoms with Gasteiger partial charge < -0.3 is 35.2 Å². The molecule has 0 aromatic rings. The number of alkyl carbamates (subject to hydrolysis) is 1. The summed E-state index contributed by atoms with van der Waals surface area (Å²) in [6, 6.07) is 0. The number of hydrogen-bond acceptors (Lipinski definition) is 7. The first-order valence-electron chi connectivity index (χ1n) is 9.28. The Morgan fingerprint density at radius 3 is 2.15 bits per heavy atom. The van der Waals surface area contributed by atoms with Crippen LogP contribution in [0.25, 0.3) is 0 Å². The maximum atomic E-state index is 12.4. The molecule has 2 amide bonds. The molecule has 9 heteroatoms. The number of carbonyl (C=O) groups is 2. The molecule has 0 radical (unpaired) electrons. The van der Waals surface area contributed by atoms with Crippen LogP contribution in [-0.2, 0) is 9.47 Å². The number of carbonyl (C=O) groups excluding carboxylic acids is 2. The van der Waals surface area contributed by atoms with E-state index in [1.807, 2.05) is 0 Å². The molecule has 0 aromatic heterocycles. The second kappa shape index (κ2) is 12.0. The van der Waals surface area contributed by atoms with Gasteiger partial charge in [-0.2, -0.15) is 0 Å². The van der Waals surface area contributed by atoms with E-state index in [9.17, 15) is 14.7 Å². The standard InChI is InChI=1S/C18H37N3O6/c1-17(2,3)26-15(24)20-8-7-10-21(16(25)27-18(4,5)6)13-14(23)12-19-9-11-22/h14,19,22-23H,7-13H2,1-6H3,(H,20,24). The number of amides is 2. The van der Waals surface area contributed by atoms with Gasteiger partial charge in [0.1, 0.15) is 11.2 Å². The van der Waals surface area contributed by atoms with E-state index in [0.717, 1.165) is 0 Å². The van der Waals surface area contributed by atoms with Crippen molar-refractivity contribution in [1.82, 2.24) is 15.5 Å². The van der Waals surface area contributed by atoms with Gasteiger partial charge in [0.05, 0.1) is 19.3 Å². The molecule has 160 valence electrons. The fourth-order valence-electron chi connectivity index (χ4n) is 2.02. The minimum atomic E-state index is -0.803. The predicted molar refractivity (Wildman–Crippen MR) is 103 cm³/mol. The number of aliphatic hydroxyl groups is 2. The van der Waals surface area contributed by atoms with E-state index in [2.05, 4.69) is 10.6 Å². The van der Waals surface area contributed by atoms with Crippen LogP contribution in [0.15, 0.2) is 0 Å². The second-order valence-corrected chi connectivity index (χ2v) is 8.29. The van der Waals surface area contributed by atoms with Gasteiger partial charge in [-0.3, -0.25) is 0 Å². The van der Waals surface area contributed by atoms with Gasteiger partial charge in [0.2, 0.25) is 0 Å². The number of nitrogens with one attached hydrogen (secondary N) is 2. The molecule has 0 fully saturated rings. The van der Waals surface area contributed by atoms with Gasteiger partial charge in [-0.15, -0.1) is 0 Å². The fraction of sp³-hybridized carbons (Fsp3) is 0.889. The number of hydrogen-bond donors (Lipinski definition) is 4. The average molecular weight is 392 g/mol. The SMILES string of the molecule is CC(C)(C)OC(=O)NCCCN(CC(O)CNCCO)C(=O)OC(C)(C)C. The van der Waals surface area contributed by atoms with Gasteiger partial charge in [-0.25, -0.2) is 9.59 Å². The predicted octanol–water partition coefficient (Wildman–Crippen LogP) is 1.08. The summed E-state index contributed by atoms with van der Waals surface area (Å²) in [5.41, 5.74) is -1.22. The second-order valence-electron chi connectivity index (χ2n) is 8.29. The lowest BCUT2D eigenvalue weighted by Gasteiger charge is -2.29. The van der Waals surface area contributed by atoms with Crippen molar-refractivity contribution in [1.29, 1.82) is 0 Å². The Balaban J connectivity index is 4.53. The van der Waals surface area contributed by atoms with Crippen LogP contribution < -0.4 is 10.6 Å². The zero-order chi connectivity index (χ0) is 21.1. The largest absolute Gasteiger partial charge is 0.444 e. The van der Waals surface area contributed by atoms with Crippen molar-refractivity contribution in [2.24, 2.45) is 0 Å². The van der Waals surface area contributed by atoms with Crippen molar-refractivity contribution in [2.75, 3.05) is 39.3 Å². The van der Waals surface area contributed by atoms with Crippen molar-refractivity contribution in [2.45, 2.75) is 65.3 Å². The monoisotopic (exact) mass is 391 g/mol. The number of ether oxygens (including phenoxy) is 2. The van der Waals surface area contributed by atoms with Crippen LogP contribution >= 0.6 is 0 Å². The molecule has 0 saturated heterocycles. The summed E-state index contributed by atoms with van der Waals surface area (Å²) in [6.07, 6.45) is -1.36. The van der Waals surface area contributed by atoms with Gasteiger partial charge in [0, 0.05) is 26.2 Å². The van der Waals surface area contributed by atoms with Crippen LogP contribution in [-0.4, -0.2) is 83.9 Å². The minimum Gasteiger partial charge on any atom is -0.444 e. The molecular formula is C18H37N3O6. The first-order valence-corrected chi connectivity index (χ1v) is 9.28. The zero-order valence-electron chi connectivity index (χ0n) is 17.5. The summed E-state index contributed by atoms with van der Waals surface area (Å²) in [5, 5.41) is 24.4. The van der Waals surface area contributed by atoms with Crippen LogP contribution in [0.5, 0.6) is 0 Å². The molecule has 27 heavy (non-hydrogen) atoms. The van der Waals surface area contributed by atoms with Crippen molar-refractivity contribution in [3.63, 3.8) is 0 Å². The highest BCUT2D eigenvalue weighted by Gasteiger charge is 2.24. The third kappa shape index (κ3) is 15.2. The van der Waals surface area contributed by atoms with E-state index in [0.29, 0.717) is 26.1 Å². The molecule has 4 N–H and O–H groups in total. The van der Waals surface area contributed by atoms with E-state index in [1.54, 1.807) is 41.5 Å². The summed E-state index contributed by atoms with van der Waals surface area (Å²) < 4.78 is 10.5. The molecule has 0 aliphatic carbocycles. The van der Waals surface area contributed by atoms with Crippen molar-refractivity contribution in [3.05, 3.63) is 0 Å². The number of nitrogens with zero attached hydrogens (tertiary/aromatic N) is 1. The average Bonchev–Trinajstić information content (AvgIpc) is 2.47. The maximum Gasteiger partial charge on any atom is 0.410 e. The van der Waals surface area contributed by atoms with Crippen molar-refractivity contribution >= 4 is 12.2 Å². The number of aliphatic hydroxyl groups excluding tert-OH is 2. The van der Waals surface area contributed by atoms with Crippen molar-refractivity contribution < 1.29 is 29.3 Å². The van der Waals surface area contributed by atoms with Crippen LogP contribution in [0.3, 0.4) is 0 Å². The Kier molecular flexibility index (Phi) is 11.3. The quantitative estimate of drug-likeness (QED) is 0.411. The van der Waals surface area contributed by atoms with E-state index in [-0.39, 0.29) is 19.7 Å². The molecule has 0 heterocycles. The Morgan fingerprint density at radius 1 is 1.04 bits per heavy atom. The molecule has 0 bridgehead atoms. The summed E-state index contributed by atoms with van der Waals surface area (Å²) in [4.78, 5) is 25.4. The summed E-state index contributed by atoms with van der Waals surface area (Å²) >= 11 is 0. The number of rotatable bonds is 10. The third-order valence-corrected chi connectivity index (χ3v) is 3.02. The van der Waals surface area contributed by atoms with Gasteiger partial charge in [-0.05, 0) is 48.0 Å². The smallest absolute Gasteiger partial charge is 0.410 e. The van der Waals surface area contributed by atoms with Gasteiger partial charge in [-0.1, -0.05) is 0 Å². The first kappa shape index (κ1) is 25.4. The minimum absolute atomic E-state index is 0.0289. The lowest BCUT2D eigenvalue weighted by atomic mass is 10.2. The van der Waals surface area contributed by atoms with Crippen LogP contribution in [0, 0.1) is 0 Å². The Bertz CT molecular complexity index is 445. The fourth-order valence-corrected chi connectivity index (χ4v) is 2.02. The van der Waals surface area contributed by atoms with E-state index in [1.165, 1.54) is 4.90 Å². The van der Waals surface area contributed by atoms with E-state index < -0.39 is 29.5 Å². The normalized spacial score (nSPS) is 13.0.